The summed E-state index contributed by atoms with van der Waals surface area (Å²) < 4.78 is 15.0. The normalized spacial score (nSPS) is 15.3. The molecule has 1 saturated heterocycles. The number of thiophene rings is 1. The molecule has 9 heteroatoms. The molecule has 2 heterocycles. The second-order valence-corrected chi connectivity index (χ2v) is 8.68. The van der Waals surface area contributed by atoms with E-state index in [1.807, 2.05) is 6.92 Å². The van der Waals surface area contributed by atoms with E-state index in [0.717, 1.165) is 29.7 Å². The molecule has 29 heavy (non-hydrogen) atoms. The Hall–Kier alpha value is -2.16. The number of carbonyl (C=O) groups excluding carboxylic acids is 2. The molecule has 1 aliphatic rings. The zero-order chi connectivity index (χ0) is 21.0. The Kier molecular flexibility index (Phi) is 7.10. The number of nitrogens with zero attached hydrogens (tertiary/aromatic N) is 1. The lowest BCUT2D eigenvalue weighted by Gasteiger charge is -2.28. The van der Waals surface area contributed by atoms with Crippen LogP contribution in [0.15, 0.2) is 24.3 Å². The van der Waals surface area contributed by atoms with Gasteiger partial charge in [0.2, 0.25) is 5.91 Å². The van der Waals surface area contributed by atoms with Crippen LogP contribution in [0.25, 0.3) is 0 Å². The highest BCUT2D eigenvalue weighted by atomic mass is 35.5. The number of carbonyl (C=O) groups is 2. The van der Waals surface area contributed by atoms with Crippen molar-refractivity contribution in [2.75, 3.05) is 29.9 Å². The van der Waals surface area contributed by atoms with E-state index in [-0.39, 0.29) is 30.6 Å². The van der Waals surface area contributed by atoms with Crippen LogP contribution >= 0.6 is 22.9 Å². The van der Waals surface area contributed by atoms with Crippen molar-refractivity contribution >= 4 is 46.1 Å². The molecule has 1 aliphatic heterocycles. The first-order valence-electron chi connectivity index (χ1n) is 9.41. The molecule has 0 spiro atoms. The van der Waals surface area contributed by atoms with Crippen LogP contribution in [-0.4, -0.2) is 42.7 Å². The standard InChI is InChI=1S/C20H23ClFN3O3S/c1-12-8-15(14(22)9-16(12)25-7-3-2-4-19(25)27)23-10-13(26)11-24-20(28)17-5-6-18(21)29-17/h5-6,8-9,13,23,26H,2-4,7,10-11H2,1H3,(H,24,28)/t13-/m1/s1. The van der Waals surface area contributed by atoms with Crippen LogP contribution in [0, 0.1) is 12.7 Å². The predicted octanol–water partition coefficient (Wildman–Crippen LogP) is 3.57. The first kappa shape index (κ1) is 21.5. The molecular weight excluding hydrogens is 417 g/mol. The molecule has 0 unspecified atom stereocenters. The second kappa shape index (κ2) is 9.56. The Morgan fingerprint density at radius 3 is 2.83 bits per heavy atom. The van der Waals surface area contributed by atoms with Gasteiger partial charge in [-0.3, -0.25) is 9.59 Å². The van der Waals surface area contributed by atoms with E-state index in [4.69, 9.17) is 11.6 Å². The number of piperidine rings is 1. The molecule has 1 aromatic heterocycles. The van der Waals surface area contributed by atoms with Gasteiger partial charge in [0, 0.05) is 37.8 Å². The third-order valence-corrected chi connectivity index (χ3v) is 5.95. The first-order chi connectivity index (χ1) is 13.8. The number of aryl methyl sites for hydroxylation is 1. The van der Waals surface area contributed by atoms with Gasteiger partial charge in [-0.2, -0.15) is 0 Å². The van der Waals surface area contributed by atoms with Gasteiger partial charge in [-0.1, -0.05) is 11.6 Å². The van der Waals surface area contributed by atoms with Crippen LogP contribution in [0.2, 0.25) is 4.34 Å². The van der Waals surface area contributed by atoms with Crippen LogP contribution < -0.4 is 15.5 Å². The van der Waals surface area contributed by atoms with Gasteiger partial charge in [-0.25, -0.2) is 4.39 Å². The maximum Gasteiger partial charge on any atom is 0.261 e. The first-order valence-corrected chi connectivity index (χ1v) is 10.6. The summed E-state index contributed by atoms with van der Waals surface area (Å²) in [6.07, 6.45) is 1.35. The Morgan fingerprint density at radius 2 is 2.14 bits per heavy atom. The monoisotopic (exact) mass is 439 g/mol. The minimum atomic E-state index is -0.905. The van der Waals surface area contributed by atoms with Crippen LogP contribution in [0.3, 0.4) is 0 Å². The van der Waals surface area contributed by atoms with Crippen LogP contribution in [0.4, 0.5) is 15.8 Å². The van der Waals surface area contributed by atoms with Crippen LogP contribution in [0.5, 0.6) is 0 Å². The number of benzene rings is 1. The molecule has 3 N–H and O–H groups in total. The molecule has 1 fully saturated rings. The lowest BCUT2D eigenvalue weighted by Crippen LogP contribution is -2.36. The lowest BCUT2D eigenvalue weighted by atomic mass is 10.1. The quantitative estimate of drug-likeness (QED) is 0.616. The molecule has 0 aliphatic carbocycles. The summed E-state index contributed by atoms with van der Waals surface area (Å²) in [6, 6.07) is 6.23. The Morgan fingerprint density at radius 1 is 1.34 bits per heavy atom. The zero-order valence-corrected chi connectivity index (χ0v) is 17.6. The molecular formula is C20H23ClFN3O3S. The molecule has 1 aromatic carbocycles. The second-order valence-electron chi connectivity index (χ2n) is 6.97. The molecule has 6 nitrogen and oxygen atoms in total. The number of aliphatic hydroxyl groups excluding tert-OH is 1. The number of nitrogens with one attached hydrogen (secondary N) is 2. The number of hydrogen-bond donors (Lipinski definition) is 3. The Balaban J connectivity index is 1.55. The number of halogens is 2. The van der Waals surface area contributed by atoms with Gasteiger partial charge in [0.1, 0.15) is 5.82 Å². The van der Waals surface area contributed by atoms with E-state index < -0.39 is 11.9 Å². The fourth-order valence-corrected chi connectivity index (χ4v) is 4.15. The van der Waals surface area contributed by atoms with E-state index in [2.05, 4.69) is 10.6 Å². The smallest absolute Gasteiger partial charge is 0.261 e. The summed E-state index contributed by atoms with van der Waals surface area (Å²) in [5.74, 6) is -0.801. The minimum Gasteiger partial charge on any atom is -0.389 e. The molecule has 1 atom stereocenters. The van der Waals surface area contributed by atoms with Gasteiger partial charge in [0.25, 0.3) is 5.91 Å². The molecule has 0 saturated carbocycles. The van der Waals surface area contributed by atoms with Gasteiger partial charge in [0.05, 0.1) is 21.0 Å². The van der Waals surface area contributed by atoms with E-state index in [9.17, 15) is 19.1 Å². The highest BCUT2D eigenvalue weighted by Gasteiger charge is 2.22. The Labute approximate surface area is 177 Å². The average Bonchev–Trinajstić information content (AvgIpc) is 3.13. The van der Waals surface area contributed by atoms with E-state index in [1.165, 1.54) is 6.07 Å². The van der Waals surface area contributed by atoms with Gasteiger partial charge < -0.3 is 20.6 Å². The fourth-order valence-electron chi connectivity index (χ4n) is 3.19. The van der Waals surface area contributed by atoms with Gasteiger partial charge >= 0.3 is 0 Å². The SMILES string of the molecule is Cc1cc(NC[C@@H](O)CNC(=O)c2ccc(Cl)s2)c(F)cc1N1CCCCC1=O. The van der Waals surface area contributed by atoms with Crippen molar-refractivity contribution in [3.05, 3.63) is 44.9 Å². The highest BCUT2D eigenvalue weighted by Crippen LogP contribution is 2.29. The van der Waals surface area contributed by atoms with Crippen LogP contribution in [0.1, 0.15) is 34.5 Å². The van der Waals surface area contributed by atoms with Crippen molar-refractivity contribution in [1.82, 2.24) is 5.32 Å². The average molecular weight is 440 g/mol. The molecule has 3 rings (SSSR count). The van der Waals surface area contributed by atoms with E-state index >= 15 is 0 Å². The van der Waals surface area contributed by atoms with Gasteiger partial charge in [-0.15, -0.1) is 11.3 Å². The van der Waals surface area contributed by atoms with Crippen molar-refractivity contribution in [2.24, 2.45) is 0 Å². The van der Waals surface area contributed by atoms with Crippen molar-refractivity contribution in [3.63, 3.8) is 0 Å². The summed E-state index contributed by atoms with van der Waals surface area (Å²) in [6.45, 7) is 2.50. The third kappa shape index (κ3) is 5.46. The third-order valence-electron chi connectivity index (χ3n) is 4.72. The van der Waals surface area contributed by atoms with E-state index in [0.29, 0.717) is 27.9 Å². The number of amides is 2. The summed E-state index contributed by atoms with van der Waals surface area (Å²) in [4.78, 5) is 26.2. The summed E-state index contributed by atoms with van der Waals surface area (Å²) >= 11 is 6.96. The number of hydrogen-bond acceptors (Lipinski definition) is 5. The number of anilines is 2. The summed E-state index contributed by atoms with van der Waals surface area (Å²) in [5.41, 5.74) is 1.60. The molecule has 0 radical (unpaired) electrons. The van der Waals surface area contributed by atoms with Gasteiger partial charge in [-0.05, 0) is 43.5 Å². The molecule has 156 valence electrons. The van der Waals surface area contributed by atoms with Crippen LogP contribution in [-0.2, 0) is 4.79 Å². The topological polar surface area (TPSA) is 81.7 Å². The maximum atomic E-state index is 14.5. The lowest BCUT2D eigenvalue weighted by molar-refractivity contribution is -0.119. The summed E-state index contributed by atoms with van der Waals surface area (Å²) in [7, 11) is 0. The number of rotatable bonds is 7. The maximum absolute atomic E-state index is 14.5. The predicted molar refractivity (Wildman–Crippen MR) is 113 cm³/mol. The zero-order valence-electron chi connectivity index (χ0n) is 16.0. The largest absolute Gasteiger partial charge is 0.389 e. The summed E-state index contributed by atoms with van der Waals surface area (Å²) in [5, 5.41) is 15.6. The molecule has 2 aromatic rings. The molecule has 0 bridgehead atoms. The van der Waals surface area contributed by atoms with Gasteiger partial charge in [0.15, 0.2) is 0 Å². The minimum absolute atomic E-state index is 0.0117. The van der Waals surface area contributed by atoms with E-state index in [1.54, 1.807) is 23.1 Å². The fraction of sp³-hybridized carbons (Fsp3) is 0.400. The van der Waals surface area contributed by atoms with Crippen molar-refractivity contribution in [2.45, 2.75) is 32.3 Å². The number of aliphatic hydroxyl groups is 1. The highest BCUT2D eigenvalue weighted by molar-refractivity contribution is 7.17. The van der Waals surface area contributed by atoms with Crippen molar-refractivity contribution in [1.29, 1.82) is 0 Å². The molecule has 2 amide bonds. The van der Waals surface area contributed by atoms with Crippen molar-refractivity contribution in [3.8, 4) is 0 Å². The Bertz CT molecular complexity index is 905. The van der Waals surface area contributed by atoms with Crippen molar-refractivity contribution < 1.29 is 19.1 Å².